The summed E-state index contributed by atoms with van der Waals surface area (Å²) in [5.41, 5.74) is 1.23. The highest BCUT2D eigenvalue weighted by Crippen LogP contribution is 2.21. The SMILES string of the molecule is COc1ccc2cc(C[NH+](C)CC(=O)N3CCN(c4ncccn4)CC3)ccc2c1. The lowest BCUT2D eigenvalue weighted by molar-refractivity contribution is -0.885. The van der Waals surface area contributed by atoms with Crippen LogP contribution in [0.25, 0.3) is 10.8 Å². The molecule has 7 heteroatoms. The lowest BCUT2D eigenvalue weighted by atomic mass is 10.1. The van der Waals surface area contributed by atoms with Crippen LogP contribution in [0.1, 0.15) is 5.56 Å². The zero-order chi connectivity index (χ0) is 20.9. The Hall–Kier alpha value is -3.19. The van der Waals surface area contributed by atoms with Crippen LogP contribution in [0.3, 0.4) is 0 Å². The summed E-state index contributed by atoms with van der Waals surface area (Å²) in [6, 6.07) is 14.4. The first-order chi connectivity index (χ1) is 14.6. The lowest BCUT2D eigenvalue weighted by Gasteiger charge is -2.34. The van der Waals surface area contributed by atoms with Crippen molar-refractivity contribution in [2.45, 2.75) is 6.54 Å². The van der Waals surface area contributed by atoms with Gasteiger partial charge in [0.2, 0.25) is 5.95 Å². The van der Waals surface area contributed by atoms with Crippen molar-refractivity contribution in [1.82, 2.24) is 14.9 Å². The van der Waals surface area contributed by atoms with Gasteiger partial charge in [-0.25, -0.2) is 9.97 Å². The Kier molecular flexibility index (Phi) is 6.09. The van der Waals surface area contributed by atoms with E-state index in [2.05, 4.69) is 46.2 Å². The van der Waals surface area contributed by atoms with Gasteiger partial charge in [0.15, 0.2) is 6.54 Å². The Bertz CT molecular complexity index is 1000. The number of quaternary nitrogens is 1. The minimum Gasteiger partial charge on any atom is -0.497 e. The van der Waals surface area contributed by atoms with E-state index in [4.69, 9.17) is 4.74 Å². The molecule has 0 spiro atoms. The molecule has 4 rings (SSSR count). The minimum absolute atomic E-state index is 0.201. The Morgan fingerprint density at radius 1 is 1.03 bits per heavy atom. The number of piperazine rings is 1. The van der Waals surface area contributed by atoms with Crippen LogP contribution in [-0.2, 0) is 11.3 Å². The van der Waals surface area contributed by atoms with Crippen molar-refractivity contribution < 1.29 is 14.4 Å². The molecule has 1 aliphatic heterocycles. The first-order valence-corrected chi connectivity index (χ1v) is 10.3. The second kappa shape index (κ2) is 9.09. The number of aromatic nitrogens is 2. The number of ether oxygens (including phenoxy) is 1. The molecule has 30 heavy (non-hydrogen) atoms. The molecule has 0 aliphatic carbocycles. The second-order valence-electron chi connectivity index (χ2n) is 7.77. The number of carbonyl (C=O) groups is 1. The third-order valence-electron chi connectivity index (χ3n) is 5.54. The molecule has 2 aromatic carbocycles. The van der Waals surface area contributed by atoms with E-state index >= 15 is 0 Å². The number of rotatable bonds is 6. The molecular weight excluding hydrogens is 378 g/mol. The summed E-state index contributed by atoms with van der Waals surface area (Å²) in [7, 11) is 3.75. The summed E-state index contributed by atoms with van der Waals surface area (Å²) in [6.07, 6.45) is 3.50. The first-order valence-electron chi connectivity index (χ1n) is 10.3. The van der Waals surface area contributed by atoms with Gasteiger partial charge in [-0.05, 0) is 35.0 Å². The number of nitrogens with one attached hydrogen (secondary N) is 1. The molecule has 1 aromatic heterocycles. The summed E-state index contributed by atoms with van der Waals surface area (Å²) in [6.45, 7) is 4.25. The highest BCUT2D eigenvalue weighted by Gasteiger charge is 2.24. The topological polar surface area (TPSA) is 63.0 Å². The number of anilines is 1. The number of amides is 1. The molecule has 1 saturated heterocycles. The zero-order valence-corrected chi connectivity index (χ0v) is 17.5. The van der Waals surface area contributed by atoms with E-state index < -0.39 is 0 Å². The normalized spacial score (nSPS) is 15.3. The van der Waals surface area contributed by atoms with Gasteiger partial charge in [0.1, 0.15) is 12.3 Å². The Labute approximate surface area is 176 Å². The van der Waals surface area contributed by atoms with Crippen molar-refractivity contribution in [3.05, 3.63) is 60.4 Å². The van der Waals surface area contributed by atoms with Crippen LogP contribution >= 0.6 is 0 Å². The molecule has 1 aliphatic rings. The van der Waals surface area contributed by atoms with Crippen LogP contribution in [0.15, 0.2) is 54.9 Å². The number of nitrogens with zero attached hydrogens (tertiary/aromatic N) is 4. The highest BCUT2D eigenvalue weighted by molar-refractivity contribution is 5.84. The maximum Gasteiger partial charge on any atom is 0.277 e. The summed E-state index contributed by atoms with van der Waals surface area (Å²) >= 11 is 0. The molecule has 0 saturated carbocycles. The summed E-state index contributed by atoms with van der Waals surface area (Å²) in [5.74, 6) is 1.80. The molecule has 1 N–H and O–H groups in total. The van der Waals surface area contributed by atoms with Crippen molar-refractivity contribution >= 4 is 22.6 Å². The number of carbonyl (C=O) groups excluding carboxylic acids is 1. The third-order valence-corrected chi connectivity index (χ3v) is 5.54. The van der Waals surface area contributed by atoms with Gasteiger partial charge in [-0.15, -0.1) is 0 Å². The van der Waals surface area contributed by atoms with Gasteiger partial charge in [-0.3, -0.25) is 4.79 Å². The van der Waals surface area contributed by atoms with Crippen molar-refractivity contribution in [1.29, 1.82) is 0 Å². The van der Waals surface area contributed by atoms with Crippen LogP contribution in [0.2, 0.25) is 0 Å². The standard InChI is InChI=1S/C23H27N5O2/c1-26(16-18-4-5-20-15-21(30-2)7-6-19(20)14-18)17-22(29)27-10-12-28(13-11-27)23-24-8-3-9-25-23/h3-9,14-15H,10-13,16-17H2,1-2H3/p+1. The molecular formula is C23H28N5O2+. The quantitative estimate of drug-likeness (QED) is 0.662. The number of hydrogen-bond acceptors (Lipinski definition) is 5. The molecule has 0 bridgehead atoms. The number of hydrogen-bond donors (Lipinski definition) is 1. The monoisotopic (exact) mass is 406 g/mol. The van der Waals surface area contributed by atoms with E-state index in [1.807, 2.05) is 23.1 Å². The molecule has 7 nitrogen and oxygen atoms in total. The number of benzene rings is 2. The van der Waals surface area contributed by atoms with Gasteiger partial charge in [-0.2, -0.15) is 0 Å². The van der Waals surface area contributed by atoms with E-state index in [1.54, 1.807) is 19.5 Å². The summed E-state index contributed by atoms with van der Waals surface area (Å²) in [5, 5.41) is 2.35. The number of likely N-dealkylation sites (N-methyl/N-ethyl adjacent to an activating group) is 1. The predicted molar refractivity (Wildman–Crippen MR) is 117 cm³/mol. The molecule has 2 heterocycles. The minimum atomic E-state index is 0.201. The van der Waals surface area contributed by atoms with Gasteiger partial charge >= 0.3 is 0 Å². The predicted octanol–water partition coefficient (Wildman–Crippen LogP) is 1.00. The third kappa shape index (κ3) is 4.68. The van der Waals surface area contributed by atoms with Crippen LogP contribution in [0, 0.1) is 0 Å². The van der Waals surface area contributed by atoms with Crippen LogP contribution < -0.4 is 14.5 Å². The van der Waals surface area contributed by atoms with E-state index in [9.17, 15) is 4.79 Å². The maximum atomic E-state index is 12.8. The fourth-order valence-corrected chi connectivity index (χ4v) is 3.90. The fourth-order valence-electron chi connectivity index (χ4n) is 3.90. The molecule has 1 amide bonds. The first kappa shape index (κ1) is 20.1. The molecule has 1 unspecified atom stereocenters. The zero-order valence-electron chi connectivity index (χ0n) is 17.5. The molecule has 0 radical (unpaired) electrons. The van der Waals surface area contributed by atoms with Gasteiger partial charge in [-0.1, -0.05) is 18.2 Å². The average molecular weight is 407 g/mol. The van der Waals surface area contributed by atoms with Gasteiger partial charge in [0.05, 0.1) is 14.2 Å². The molecule has 1 fully saturated rings. The van der Waals surface area contributed by atoms with Crippen molar-refractivity contribution in [2.24, 2.45) is 0 Å². The Morgan fingerprint density at radius 2 is 1.73 bits per heavy atom. The van der Waals surface area contributed by atoms with E-state index in [-0.39, 0.29) is 5.91 Å². The van der Waals surface area contributed by atoms with E-state index in [0.29, 0.717) is 19.6 Å². The lowest BCUT2D eigenvalue weighted by Crippen LogP contribution is -3.09. The van der Waals surface area contributed by atoms with Crippen molar-refractivity contribution in [3.8, 4) is 5.75 Å². The smallest absolute Gasteiger partial charge is 0.277 e. The van der Waals surface area contributed by atoms with Crippen molar-refractivity contribution in [2.75, 3.05) is 51.8 Å². The second-order valence-corrected chi connectivity index (χ2v) is 7.77. The van der Waals surface area contributed by atoms with Gasteiger partial charge < -0.3 is 19.4 Å². The summed E-state index contributed by atoms with van der Waals surface area (Å²) < 4.78 is 5.29. The van der Waals surface area contributed by atoms with Crippen molar-refractivity contribution in [3.63, 3.8) is 0 Å². The molecule has 156 valence electrons. The highest BCUT2D eigenvalue weighted by atomic mass is 16.5. The van der Waals surface area contributed by atoms with Crippen LogP contribution in [0.5, 0.6) is 5.75 Å². The Balaban J connectivity index is 1.30. The van der Waals surface area contributed by atoms with Gasteiger partial charge in [0, 0.05) is 44.1 Å². The Morgan fingerprint density at radius 3 is 2.47 bits per heavy atom. The van der Waals surface area contributed by atoms with Gasteiger partial charge in [0.25, 0.3) is 5.91 Å². The van der Waals surface area contributed by atoms with Crippen LogP contribution in [-0.4, -0.2) is 67.7 Å². The number of methoxy groups -OCH3 is 1. The van der Waals surface area contributed by atoms with E-state index in [0.717, 1.165) is 36.7 Å². The molecule has 1 atom stereocenters. The number of fused-ring (bicyclic) bond motifs is 1. The molecule has 3 aromatic rings. The fraction of sp³-hybridized carbons (Fsp3) is 0.348. The average Bonchev–Trinajstić information content (AvgIpc) is 2.79. The van der Waals surface area contributed by atoms with Crippen LogP contribution in [0.4, 0.5) is 5.95 Å². The summed E-state index contributed by atoms with van der Waals surface area (Å²) in [4.78, 5) is 26.6. The van der Waals surface area contributed by atoms with E-state index in [1.165, 1.54) is 15.8 Å². The largest absolute Gasteiger partial charge is 0.497 e. The maximum absolute atomic E-state index is 12.8.